The van der Waals surface area contributed by atoms with Crippen LogP contribution in [0.25, 0.3) is 0 Å². The van der Waals surface area contributed by atoms with E-state index in [2.05, 4.69) is 14.2 Å². The normalized spacial score (nSPS) is 12.0. The van der Waals surface area contributed by atoms with Gasteiger partial charge in [0.05, 0.1) is 17.7 Å². The minimum atomic E-state index is -4.91. The van der Waals surface area contributed by atoms with Crippen LogP contribution in [0.5, 0.6) is 17.2 Å². The van der Waals surface area contributed by atoms with E-state index < -0.39 is 34.5 Å². The predicted octanol–water partition coefficient (Wildman–Crippen LogP) is 4.00. The molecule has 0 amide bonds. The molecule has 0 fully saturated rings. The highest BCUT2D eigenvalue weighted by Gasteiger charge is 2.31. The summed E-state index contributed by atoms with van der Waals surface area (Å²) in [4.78, 5) is -0.371. The monoisotopic (exact) mass is 413 g/mol. The van der Waals surface area contributed by atoms with Gasteiger partial charge in [0, 0.05) is 6.07 Å². The predicted molar refractivity (Wildman–Crippen MR) is 83.6 cm³/mol. The van der Waals surface area contributed by atoms with Gasteiger partial charge in [-0.15, -0.1) is 13.2 Å². The van der Waals surface area contributed by atoms with Crippen molar-refractivity contribution in [2.75, 3.05) is 11.8 Å². The standard InChI is InChI=1S/C15H12F5NO5S/c1-24-12-7-2-9(8-13(12)25-14(16)17)21-27(22,23)11-5-3-10(4-6-11)26-15(18,19)20/h2-8,14,21H,1H3. The molecule has 12 heteroatoms. The number of halogens is 5. The lowest BCUT2D eigenvalue weighted by molar-refractivity contribution is -0.274. The van der Waals surface area contributed by atoms with Gasteiger partial charge in [0.25, 0.3) is 10.0 Å². The quantitative estimate of drug-likeness (QED) is 0.695. The van der Waals surface area contributed by atoms with Crippen LogP contribution in [-0.4, -0.2) is 28.5 Å². The van der Waals surface area contributed by atoms with Crippen molar-refractivity contribution in [2.45, 2.75) is 17.9 Å². The van der Waals surface area contributed by atoms with Gasteiger partial charge >= 0.3 is 13.0 Å². The van der Waals surface area contributed by atoms with E-state index in [4.69, 9.17) is 4.74 Å². The highest BCUT2D eigenvalue weighted by Crippen LogP contribution is 2.32. The van der Waals surface area contributed by atoms with Crippen molar-refractivity contribution in [1.29, 1.82) is 0 Å². The van der Waals surface area contributed by atoms with Crippen LogP contribution in [-0.2, 0) is 10.0 Å². The molecule has 0 aliphatic carbocycles. The third-order valence-corrected chi connectivity index (χ3v) is 4.40. The Balaban J connectivity index is 2.23. The molecule has 0 unspecified atom stereocenters. The summed E-state index contributed by atoms with van der Waals surface area (Å²) in [5.74, 6) is -1.05. The number of ether oxygens (including phenoxy) is 3. The second-order valence-electron chi connectivity index (χ2n) is 4.87. The second kappa shape index (κ2) is 7.86. The fourth-order valence-corrected chi connectivity index (χ4v) is 3.01. The summed E-state index contributed by atoms with van der Waals surface area (Å²) in [6.07, 6.45) is -4.91. The molecule has 6 nitrogen and oxygen atoms in total. The van der Waals surface area contributed by atoms with Gasteiger partial charge in [0.2, 0.25) is 0 Å². The average molecular weight is 413 g/mol. The van der Waals surface area contributed by atoms with Crippen molar-refractivity contribution in [3.8, 4) is 17.2 Å². The highest BCUT2D eigenvalue weighted by molar-refractivity contribution is 7.92. The van der Waals surface area contributed by atoms with Crippen molar-refractivity contribution in [1.82, 2.24) is 0 Å². The molecule has 0 spiro atoms. The Morgan fingerprint density at radius 2 is 1.63 bits per heavy atom. The van der Waals surface area contributed by atoms with Crippen molar-refractivity contribution >= 4 is 15.7 Å². The number of hydrogen-bond acceptors (Lipinski definition) is 5. The van der Waals surface area contributed by atoms with Gasteiger partial charge in [-0.3, -0.25) is 4.72 Å². The number of anilines is 1. The van der Waals surface area contributed by atoms with E-state index in [1.54, 1.807) is 0 Å². The van der Waals surface area contributed by atoms with Crippen LogP contribution < -0.4 is 18.9 Å². The van der Waals surface area contributed by atoms with Gasteiger partial charge in [-0.1, -0.05) is 0 Å². The van der Waals surface area contributed by atoms with E-state index in [-0.39, 0.29) is 16.3 Å². The van der Waals surface area contributed by atoms with Gasteiger partial charge in [-0.05, 0) is 36.4 Å². The van der Waals surface area contributed by atoms with E-state index in [1.165, 1.54) is 19.2 Å². The molecule has 2 aromatic rings. The summed E-state index contributed by atoms with van der Waals surface area (Å²) in [5.41, 5.74) is -0.123. The maximum absolute atomic E-state index is 12.4. The number of nitrogens with one attached hydrogen (secondary N) is 1. The molecule has 2 aromatic carbocycles. The van der Waals surface area contributed by atoms with Gasteiger partial charge in [-0.25, -0.2) is 8.42 Å². The van der Waals surface area contributed by atoms with Crippen molar-refractivity contribution in [3.63, 3.8) is 0 Å². The van der Waals surface area contributed by atoms with E-state index in [0.717, 1.165) is 30.3 Å². The van der Waals surface area contributed by atoms with Crippen LogP contribution in [0, 0.1) is 0 Å². The van der Waals surface area contributed by atoms with Crippen molar-refractivity contribution in [2.24, 2.45) is 0 Å². The lowest BCUT2D eigenvalue weighted by Crippen LogP contribution is -2.17. The van der Waals surface area contributed by atoms with Crippen molar-refractivity contribution < 1.29 is 44.6 Å². The highest BCUT2D eigenvalue weighted by atomic mass is 32.2. The summed E-state index contributed by atoms with van der Waals surface area (Å²) in [6.45, 7) is -3.16. The molecule has 0 heterocycles. The molecule has 0 saturated heterocycles. The second-order valence-corrected chi connectivity index (χ2v) is 6.55. The minimum Gasteiger partial charge on any atom is -0.493 e. The van der Waals surface area contributed by atoms with E-state index >= 15 is 0 Å². The maximum Gasteiger partial charge on any atom is 0.573 e. The molecular weight excluding hydrogens is 401 g/mol. The Morgan fingerprint density at radius 3 is 2.15 bits per heavy atom. The maximum atomic E-state index is 12.4. The first-order chi connectivity index (χ1) is 12.5. The number of alkyl halides is 5. The Bertz CT molecular complexity index is 884. The lowest BCUT2D eigenvalue weighted by atomic mass is 10.3. The minimum absolute atomic E-state index is 0.0492. The number of benzene rings is 2. The van der Waals surface area contributed by atoms with E-state index in [9.17, 15) is 30.4 Å². The van der Waals surface area contributed by atoms with Crippen LogP contribution >= 0.6 is 0 Å². The first-order valence-corrected chi connectivity index (χ1v) is 8.50. The fraction of sp³-hybridized carbons (Fsp3) is 0.200. The Morgan fingerprint density at radius 1 is 1.00 bits per heavy atom. The summed E-state index contributed by atoms with van der Waals surface area (Å²) in [5, 5.41) is 0. The SMILES string of the molecule is COc1ccc(NS(=O)(=O)c2ccc(OC(F)(F)F)cc2)cc1OC(F)F. The van der Waals surface area contributed by atoms with E-state index in [1.807, 2.05) is 0 Å². The van der Waals surface area contributed by atoms with Crippen LogP contribution in [0.3, 0.4) is 0 Å². The lowest BCUT2D eigenvalue weighted by Gasteiger charge is -2.13. The molecule has 0 aliphatic heterocycles. The zero-order chi connectivity index (χ0) is 20.2. The molecule has 0 bridgehead atoms. The topological polar surface area (TPSA) is 73.9 Å². The molecule has 0 aliphatic rings. The molecule has 27 heavy (non-hydrogen) atoms. The summed E-state index contributed by atoms with van der Waals surface area (Å²) >= 11 is 0. The third-order valence-electron chi connectivity index (χ3n) is 3.00. The molecule has 0 aromatic heterocycles. The summed E-state index contributed by atoms with van der Waals surface area (Å²) in [6, 6.07) is 6.84. The van der Waals surface area contributed by atoms with Crippen molar-refractivity contribution in [3.05, 3.63) is 42.5 Å². The first kappa shape index (κ1) is 20.6. The van der Waals surface area contributed by atoms with Gasteiger partial charge < -0.3 is 14.2 Å². The Hall–Kier alpha value is -2.76. The summed E-state index contributed by atoms with van der Waals surface area (Å²) < 4.78 is 101. The average Bonchev–Trinajstić information content (AvgIpc) is 2.53. The molecule has 1 N–H and O–H groups in total. The molecule has 148 valence electrons. The zero-order valence-corrected chi connectivity index (χ0v) is 14.3. The molecule has 0 radical (unpaired) electrons. The van der Waals surface area contributed by atoms with Gasteiger partial charge in [0.15, 0.2) is 11.5 Å². The van der Waals surface area contributed by atoms with Gasteiger partial charge in [-0.2, -0.15) is 8.78 Å². The summed E-state index contributed by atoms with van der Waals surface area (Å²) in [7, 11) is -3.00. The van der Waals surface area contributed by atoms with Crippen LogP contribution in [0.2, 0.25) is 0 Å². The molecule has 0 atom stereocenters. The van der Waals surface area contributed by atoms with Crippen LogP contribution in [0.15, 0.2) is 47.4 Å². The number of sulfonamides is 1. The van der Waals surface area contributed by atoms with Gasteiger partial charge in [0.1, 0.15) is 5.75 Å². The number of methoxy groups -OCH3 is 1. The van der Waals surface area contributed by atoms with Crippen LogP contribution in [0.4, 0.5) is 27.6 Å². The molecule has 0 saturated carbocycles. The third kappa shape index (κ3) is 5.88. The molecule has 2 rings (SSSR count). The van der Waals surface area contributed by atoms with E-state index in [0.29, 0.717) is 0 Å². The first-order valence-electron chi connectivity index (χ1n) is 7.01. The fourth-order valence-electron chi connectivity index (χ4n) is 1.96. The number of hydrogen-bond donors (Lipinski definition) is 1. The Kier molecular flexibility index (Phi) is 5.98. The molecular formula is C15H12F5NO5S. The van der Waals surface area contributed by atoms with Crippen LogP contribution in [0.1, 0.15) is 0 Å². The zero-order valence-electron chi connectivity index (χ0n) is 13.5. The smallest absolute Gasteiger partial charge is 0.493 e. The largest absolute Gasteiger partial charge is 0.573 e. The number of rotatable bonds is 7. The Labute approximate surface area is 150 Å².